The van der Waals surface area contributed by atoms with Crippen molar-refractivity contribution in [3.05, 3.63) is 71.9 Å². The number of aromatic nitrogens is 2. The highest BCUT2D eigenvalue weighted by Gasteiger charge is 2.25. The van der Waals surface area contributed by atoms with Crippen molar-refractivity contribution >= 4 is 5.91 Å². The Bertz CT molecular complexity index is 987. The Kier molecular flexibility index (Phi) is 6.29. The lowest BCUT2D eigenvalue weighted by Crippen LogP contribution is -3.13. The molecule has 2 aromatic carbocycles. The van der Waals surface area contributed by atoms with Crippen LogP contribution in [0.15, 0.2) is 60.8 Å². The lowest BCUT2D eigenvalue weighted by Gasteiger charge is -2.29. The van der Waals surface area contributed by atoms with Crippen LogP contribution in [0.1, 0.15) is 42.1 Å². The molecule has 0 aliphatic carbocycles. The van der Waals surface area contributed by atoms with Crippen molar-refractivity contribution < 1.29 is 9.69 Å². The average Bonchev–Trinajstić information content (AvgIpc) is 3.22. The van der Waals surface area contributed by atoms with Gasteiger partial charge in [-0.3, -0.25) is 4.79 Å². The van der Waals surface area contributed by atoms with Gasteiger partial charge in [0.15, 0.2) is 0 Å². The molecule has 0 spiro atoms. The molecule has 0 unspecified atom stereocenters. The van der Waals surface area contributed by atoms with Crippen molar-refractivity contribution in [3.8, 4) is 16.9 Å². The number of nitrogens with zero attached hydrogens (tertiary/aromatic N) is 2. The number of hydrogen-bond donors (Lipinski definition) is 2. The summed E-state index contributed by atoms with van der Waals surface area (Å²) in [6, 6.07) is 18.4. The van der Waals surface area contributed by atoms with Gasteiger partial charge in [0.1, 0.15) is 5.69 Å². The zero-order valence-electron chi connectivity index (χ0n) is 17.9. The van der Waals surface area contributed by atoms with Crippen LogP contribution in [0.2, 0.25) is 0 Å². The number of carbonyl (C=O) groups excluding carboxylic acids is 1. The second kappa shape index (κ2) is 9.26. The summed E-state index contributed by atoms with van der Waals surface area (Å²) in [6.07, 6.45) is 5.14. The standard InChI is InChI=1S/C25H30N4O/c1-3-14-28-15-12-21(13-16-28)26-25(30)23-18-29(22-10-5-4-6-11-22)27-24(23)20-9-7-8-19(2)17-20/h4-11,17-18,21H,3,12-16H2,1-2H3,(H,26,30)/p+1. The largest absolute Gasteiger partial charge is 0.349 e. The number of carbonyl (C=O) groups is 1. The number of hydrogen-bond acceptors (Lipinski definition) is 2. The minimum absolute atomic E-state index is 0.0300. The Morgan fingerprint density at radius 2 is 1.90 bits per heavy atom. The minimum atomic E-state index is -0.0300. The van der Waals surface area contributed by atoms with Crippen molar-refractivity contribution in [1.29, 1.82) is 0 Å². The topological polar surface area (TPSA) is 51.4 Å². The summed E-state index contributed by atoms with van der Waals surface area (Å²) < 4.78 is 1.81. The van der Waals surface area contributed by atoms with E-state index in [-0.39, 0.29) is 11.9 Å². The van der Waals surface area contributed by atoms with E-state index in [9.17, 15) is 4.79 Å². The van der Waals surface area contributed by atoms with Gasteiger partial charge in [0.2, 0.25) is 0 Å². The zero-order chi connectivity index (χ0) is 20.9. The quantitative estimate of drug-likeness (QED) is 0.665. The van der Waals surface area contributed by atoms with Crippen molar-refractivity contribution in [3.63, 3.8) is 0 Å². The first-order chi connectivity index (χ1) is 14.6. The maximum absolute atomic E-state index is 13.3. The Morgan fingerprint density at radius 3 is 2.60 bits per heavy atom. The second-order valence-electron chi connectivity index (χ2n) is 8.29. The number of likely N-dealkylation sites (tertiary alicyclic amines) is 1. The van der Waals surface area contributed by atoms with Gasteiger partial charge < -0.3 is 10.2 Å². The van der Waals surface area contributed by atoms with E-state index in [0.717, 1.165) is 48.4 Å². The molecule has 1 saturated heterocycles. The highest BCUT2D eigenvalue weighted by molar-refractivity contribution is 6.00. The molecular formula is C25H31N4O+. The van der Waals surface area contributed by atoms with Crippen LogP contribution >= 0.6 is 0 Å². The molecule has 0 bridgehead atoms. The number of amides is 1. The van der Waals surface area contributed by atoms with Gasteiger partial charge >= 0.3 is 0 Å². The summed E-state index contributed by atoms with van der Waals surface area (Å²) in [5.74, 6) is -0.0300. The molecule has 5 nitrogen and oxygen atoms in total. The lowest BCUT2D eigenvalue weighted by molar-refractivity contribution is -0.905. The van der Waals surface area contributed by atoms with Crippen LogP contribution in [0, 0.1) is 6.92 Å². The molecular weight excluding hydrogens is 372 g/mol. The third kappa shape index (κ3) is 4.62. The fourth-order valence-electron chi connectivity index (χ4n) is 4.30. The summed E-state index contributed by atoms with van der Waals surface area (Å²) in [4.78, 5) is 14.9. The van der Waals surface area contributed by atoms with Crippen LogP contribution in [0.3, 0.4) is 0 Å². The van der Waals surface area contributed by atoms with E-state index in [1.165, 1.54) is 13.0 Å². The highest BCUT2D eigenvalue weighted by Crippen LogP contribution is 2.25. The van der Waals surface area contributed by atoms with Gasteiger partial charge in [0.05, 0.1) is 30.9 Å². The van der Waals surface area contributed by atoms with Gasteiger partial charge in [0.25, 0.3) is 5.91 Å². The molecule has 30 heavy (non-hydrogen) atoms. The highest BCUT2D eigenvalue weighted by atomic mass is 16.1. The van der Waals surface area contributed by atoms with E-state index in [4.69, 9.17) is 5.10 Å². The number of nitrogens with one attached hydrogen (secondary N) is 2. The summed E-state index contributed by atoms with van der Waals surface area (Å²) in [5.41, 5.74) is 4.43. The first kappa shape index (κ1) is 20.4. The fourth-order valence-corrected chi connectivity index (χ4v) is 4.30. The van der Waals surface area contributed by atoms with Crippen molar-refractivity contribution in [2.75, 3.05) is 19.6 Å². The summed E-state index contributed by atoms with van der Waals surface area (Å²) in [7, 11) is 0. The Hall–Kier alpha value is -2.92. The van der Waals surface area contributed by atoms with Crippen LogP contribution in [-0.4, -0.2) is 41.4 Å². The normalized spacial score (nSPS) is 18.9. The summed E-state index contributed by atoms with van der Waals surface area (Å²) >= 11 is 0. The van der Waals surface area contributed by atoms with Gasteiger partial charge in [-0.05, 0) is 31.5 Å². The summed E-state index contributed by atoms with van der Waals surface area (Å²) in [5, 5.41) is 8.08. The first-order valence-electron chi connectivity index (χ1n) is 11.0. The van der Waals surface area contributed by atoms with Crippen molar-refractivity contribution in [2.45, 2.75) is 39.2 Å². The molecule has 1 aliphatic rings. The van der Waals surface area contributed by atoms with Crippen LogP contribution in [0.4, 0.5) is 0 Å². The molecule has 0 atom stereocenters. The molecule has 4 rings (SSSR count). The third-order valence-corrected chi connectivity index (χ3v) is 5.90. The SMILES string of the molecule is CCC[NH+]1CCC(NC(=O)c2cn(-c3ccccc3)nc2-c2cccc(C)c2)CC1. The third-order valence-electron chi connectivity index (χ3n) is 5.90. The number of quaternary nitrogens is 1. The number of rotatable bonds is 6. The minimum Gasteiger partial charge on any atom is -0.349 e. The predicted octanol–water partition coefficient (Wildman–Crippen LogP) is 3.03. The molecule has 1 amide bonds. The molecule has 2 N–H and O–H groups in total. The van der Waals surface area contributed by atoms with Gasteiger partial charge in [-0.25, -0.2) is 4.68 Å². The van der Waals surface area contributed by atoms with E-state index in [0.29, 0.717) is 5.56 Å². The number of piperidine rings is 1. The van der Waals surface area contributed by atoms with E-state index < -0.39 is 0 Å². The van der Waals surface area contributed by atoms with Crippen LogP contribution in [0.25, 0.3) is 16.9 Å². The fraction of sp³-hybridized carbons (Fsp3) is 0.360. The zero-order valence-corrected chi connectivity index (χ0v) is 17.9. The lowest BCUT2D eigenvalue weighted by atomic mass is 10.0. The summed E-state index contributed by atoms with van der Waals surface area (Å²) in [6.45, 7) is 7.78. The molecule has 1 fully saturated rings. The Labute approximate surface area is 178 Å². The van der Waals surface area contributed by atoms with E-state index >= 15 is 0 Å². The predicted molar refractivity (Wildman–Crippen MR) is 120 cm³/mol. The van der Waals surface area contributed by atoms with Crippen LogP contribution in [0.5, 0.6) is 0 Å². The van der Waals surface area contributed by atoms with E-state index in [1.807, 2.05) is 48.7 Å². The first-order valence-corrected chi connectivity index (χ1v) is 11.0. The maximum Gasteiger partial charge on any atom is 0.255 e. The van der Waals surface area contributed by atoms with Gasteiger partial charge in [0, 0.05) is 30.6 Å². The van der Waals surface area contributed by atoms with Gasteiger partial charge in [-0.2, -0.15) is 5.10 Å². The smallest absolute Gasteiger partial charge is 0.255 e. The number of benzene rings is 2. The number of para-hydroxylation sites is 1. The van der Waals surface area contributed by atoms with E-state index in [1.54, 1.807) is 9.58 Å². The monoisotopic (exact) mass is 403 g/mol. The van der Waals surface area contributed by atoms with Gasteiger partial charge in [-0.15, -0.1) is 0 Å². The Morgan fingerprint density at radius 1 is 1.13 bits per heavy atom. The molecule has 1 aromatic heterocycles. The second-order valence-corrected chi connectivity index (χ2v) is 8.29. The van der Waals surface area contributed by atoms with Crippen LogP contribution in [-0.2, 0) is 0 Å². The molecule has 2 heterocycles. The van der Waals surface area contributed by atoms with Crippen LogP contribution < -0.4 is 10.2 Å². The van der Waals surface area contributed by atoms with Crippen molar-refractivity contribution in [2.24, 2.45) is 0 Å². The molecule has 3 aromatic rings. The van der Waals surface area contributed by atoms with Gasteiger partial charge in [-0.1, -0.05) is 48.9 Å². The van der Waals surface area contributed by atoms with Crippen molar-refractivity contribution in [1.82, 2.24) is 15.1 Å². The molecule has 0 saturated carbocycles. The molecule has 1 aliphatic heterocycles. The molecule has 156 valence electrons. The average molecular weight is 404 g/mol. The van der Waals surface area contributed by atoms with E-state index in [2.05, 4.69) is 31.3 Å². The number of aryl methyl sites for hydroxylation is 1. The molecule has 0 radical (unpaired) electrons. The Balaban J connectivity index is 1.59. The maximum atomic E-state index is 13.3. The molecule has 5 heteroatoms.